The fourth-order valence-corrected chi connectivity index (χ4v) is 5.70. The summed E-state index contributed by atoms with van der Waals surface area (Å²) < 4.78 is 47.2. The number of anilines is 1. The Bertz CT molecular complexity index is 1230. The lowest BCUT2D eigenvalue weighted by molar-refractivity contribution is 0.0341. The van der Waals surface area contributed by atoms with Gasteiger partial charge in [-0.25, -0.2) is 13.8 Å². The van der Waals surface area contributed by atoms with Crippen molar-refractivity contribution in [3.63, 3.8) is 0 Å². The van der Waals surface area contributed by atoms with E-state index in [9.17, 15) is 8.78 Å². The van der Waals surface area contributed by atoms with Crippen molar-refractivity contribution in [3.8, 4) is 11.7 Å². The molecule has 0 saturated carbocycles. The summed E-state index contributed by atoms with van der Waals surface area (Å²) in [5.74, 6) is 0.846. The number of imidazole rings is 1. The molecule has 0 bridgehead atoms. The number of likely N-dealkylation sites (tertiary alicyclic amines) is 1. The maximum atomic E-state index is 14.1. The Labute approximate surface area is 220 Å². The molecule has 3 saturated heterocycles. The Kier molecular flexibility index (Phi) is 7.66. The first-order valence-electron chi connectivity index (χ1n) is 13.6. The summed E-state index contributed by atoms with van der Waals surface area (Å²) in [7, 11) is 0. The SMILES string of the molecule is FC(F)c1nc2ccccc2n1-c1cc(OC2CCCN(C3CCOCC3)CC2)nc(N2CCOCC2)n1. The average molecular weight is 529 g/mol. The number of hydrogen-bond donors (Lipinski definition) is 0. The van der Waals surface area contributed by atoms with Gasteiger partial charge in [-0.2, -0.15) is 9.97 Å². The minimum atomic E-state index is -2.76. The van der Waals surface area contributed by atoms with Gasteiger partial charge in [0.15, 0.2) is 5.82 Å². The first kappa shape index (κ1) is 25.4. The summed E-state index contributed by atoms with van der Waals surface area (Å²) in [5, 5.41) is 0. The number of para-hydroxylation sites is 2. The lowest BCUT2D eigenvalue weighted by Gasteiger charge is -2.33. The van der Waals surface area contributed by atoms with Crippen LogP contribution in [0.15, 0.2) is 30.3 Å². The van der Waals surface area contributed by atoms with Crippen LogP contribution in [0, 0.1) is 0 Å². The van der Waals surface area contributed by atoms with Crippen LogP contribution in [0.5, 0.6) is 5.88 Å². The van der Waals surface area contributed by atoms with Crippen LogP contribution in [0.3, 0.4) is 0 Å². The molecule has 1 unspecified atom stereocenters. The lowest BCUT2D eigenvalue weighted by Crippen LogP contribution is -2.40. The lowest BCUT2D eigenvalue weighted by atomic mass is 10.1. The predicted octanol–water partition coefficient (Wildman–Crippen LogP) is 4.00. The molecule has 3 aliphatic rings. The zero-order valence-corrected chi connectivity index (χ0v) is 21.5. The Morgan fingerprint density at radius 2 is 1.66 bits per heavy atom. The van der Waals surface area contributed by atoms with Crippen molar-refractivity contribution < 1.29 is 23.0 Å². The second kappa shape index (κ2) is 11.5. The Hall–Kier alpha value is -2.89. The number of alkyl halides is 2. The molecule has 9 nitrogen and oxygen atoms in total. The van der Waals surface area contributed by atoms with Gasteiger partial charge in [-0.15, -0.1) is 0 Å². The number of benzene rings is 1. The highest BCUT2D eigenvalue weighted by atomic mass is 19.3. The summed E-state index contributed by atoms with van der Waals surface area (Å²) in [5.41, 5.74) is 1.07. The zero-order valence-electron chi connectivity index (χ0n) is 21.5. The third kappa shape index (κ3) is 5.45. The highest BCUT2D eigenvalue weighted by Gasteiger charge is 2.27. The van der Waals surface area contributed by atoms with Gasteiger partial charge in [0.05, 0.1) is 24.2 Å². The number of aromatic nitrogens is 4. The van der Waals surface area contributed by atoms with E-state index in [2.05, 4.69) is 9.88 Å². The van der Waals surface area contributed by atoms with E-state index in [1.165, 1.54) is 4.57 Å². The number of rotatable bonds is 6. The smallest absolute Gasteiger partial charge is 0.296 e. The largest absolute Gasteiger partial charge is 0.474 e. The Balaban J connectivity index is 1.31. The highest BCUT2D eigenvalue weighted by Crippen LogP contribution is 2.30. The van der Waals surface area contributed by atoms with Gasteiger partial charge in [0.2, 0.25) is 11.8 Å². The number of morpholine rings is 1. The van der Waals surface area contributed by atoms with Crippen LogP contribution >= 0.6 is 0 Å². The monoisotopic (exact) mass is 528 g/mol. The zero-order chi connectivity index (χ0) is 25.9. The molecule has 0 N–H and O–H groups in total. The maximum Gasteiger partial charge on any atom is 0.296 e. The van der Waals surface area contributed by atoms with Crippen molar-refractivity contribution in [1.82, 2.24) is 24.4 Å². The van der Waals surface area contributed by atoms with E-state index in [0.717, 1.165) is 58.4 Å². The second-order valence-electron chi connectivity index (χ2n) is 10.1. The van der Waals surface area contributed by atoms with Gasteiger partial charge in [0.1, 0.15) is 11.9 Å². The third-order valence-corrected chi connectivity index (χ3v) is 7.69. The van der Waals surface area contributed by atoms with E-state index in [-0.39, 0.29) is 11.9 Å². The summed E-state index contributed by atoms with van der Waals surface area (Å²) >= 11 is 0. The third-order valence-electron chi connectivity index (χ3n) is 7.69. The van der Waals surface area contributed by atoms with Crippen molar-refractivity contribution in [2.75, 3.05) is 57.5 Å². The topological polar surface area (TPSA) is 77.8 Å². The summed E-state index contributed by atoms with van der Waals surface area (Å²) in [6, 6.07) is 9.36. The van der Waals surface area contributed by atoms with E-state index in [1.54, 1.807) is 24.3 Å². The fraction of sp³-hybridized carbons (Fsp3) is 0.593. The standard InChI is InChI=1S/C27H34F2N6O3/c28-25(29)26-30-21-5-1-2-6-22(21)35(26)23-18-24(32-27(31-23)34-12-16-37-17-13-34)38-20-4-3-10-33(11-7-20)19-8-14-36-15-9-19/h1-2,5-6,18-20,25H,3-4,7-17H2. The molecule has 3 fully saturated rings. The molecule has 0 amide bonds. The number of ether oxygens (including phenoxy) is 3. The molecule has 11 heteroatoms. The van der Waals surface area contributed by atoms with Crippen molar-refractivity contribution in [1.29, 1.82) is 0 Å². The molecule has 3 aliphatic heterocycles. The van der Waals surface area contributed by atoms with Crippen LogP contribution in [0.2, 0.25) is 0 Å². The second-order valence-corrected chi connectivity index (χ2v) is 10.1. The number of fused-ring (bicyclic) bond motifs is 1. The van der Waals surface area contributed by atoms with Crippen LogP contribution in [0.1, 0.15) is 44.4 Å². The van der Waals surface area contributed by atoms with Crippen LogP contribution in [-0.2, 0) is 9.47 Å². The van der Waals surface area contributed by atoms with Crippen LogP contribution < -0.4 is 9.64 Å². The Morgan fingerprint density at radius 3 is 2.47 bits per heavy atom. The van der Waals surface area contributed by atoms with Crippen molar-refractivity contribution >= 4 is 17.0 Å². The van der Waals surface area contributed by atoms with E-state index in [1.807, 2.05) is 11.0 Å². The first-order valence-corrected chi connectivity index (χ1v) is 13.6. The minimum Gasteiger partial charge on any atom is -0.474 e. The van der Waals surface area contributed by atoms with Gasteiger partial charge in [-0.3, -0.25) is 4.57 Å². The molecule has 0 radical (unpaired) electrons. The van der Waals surface area contributed by atoms with Crippen LogP contribution in [0.4, 0.5) is 14.7 Å². The van der Waals surface area contributed by atoms with E-state index in [4.69, 9.17) is 24.2 Å². The maximum absolute atomic E-state index is 14.1. The molecule has 38 heavy (non-hydrogen) atoms. The van der Waals surface area contributed by atoms with Gasteiger partial charge in [0.25, 0.3) is 6.43 Å². The quantitative estimate of drug-likeness (QED) is 0.475. The highest BCUT2D eigenvalue weighted by molar-refractivity contribution is 5.78. The van der Waals surface area contributed by atoms with Crippen molar-refractivity contribution in [2.24, 2.45) is 0 Å². The molecule has 5 heterocycles. The van der Waals surface area contributed by atoms with Gasteiger partial charge in [0, 0.05) is 45.0 Å². The normalized spacial score (nSPS) is 22.2. The summed E-state index contributed by atoms with van der Waals surface area (Å²) in [6.45, 7) is 6.05. The number of halogens is 2. The van der Waals surface area contributed by atoms with Crippen LogP contribution in [0.25, 0.3) is 16.9 Å². The van der Waals surface area contributed by atoms with Crippen molar-refractivity contribution in [2.45, 2.75) is 50.7 Å². The first-order chi connectivity index (χ1) is 18.7. The molecule has 0 aliphatic carbocycles. The minimum absolute atomic E-state index is 0.00534. The molecule has 3 aromatic rings. The molecule has 2 aromatic heterocycles. The number of nitrogens with zero attached hydrogens (tertiary/aromatic N) is 6. The van der Waals surface area contributed by atoms with Gasteiger partial charge < -0.3 is 24.0 Å². The molecule has 1 atom stereocenters. The van der Waals surface area contributed by atoms with E-state index in [0.29, 0.717) is 61.0 Å². The van der Waals surface area contributed by atoms with E-state index >= 15 is 0 Å². The average Bonchev–Trinajstić information content (AvgIpc) is 3.20. The molecular weight excluding hydrogens is 494 g/mol. The molecule has 204 valence electrons. The Morgan fingerprint density at radius 1 is 0.868 bits per heavy atom. The van der Waals surface area contributed by atoms with E-state index < -0.39 is 6.43 Å². The molecule has 1 aromatic carbocycles. The van der Waals surface area contributed by atoms with Gasteiger partial charge >= 0.3 is 0 Å². The molecular formula is C27H34F2N6O3. The summed E-state index contributed by atoms with van der Waals surface area (Å²) in [4.78, 5) is 18.3. The van der Waals surface area contributed by atoms with Crippen LogP contribution in [-0.4, -0.2) is 89.2 Å². The predicted molar refractivity (Wildman–Crippen MR) is 138 cm³/mol. The van der Waals surface area contributed by atoms with Gasteiger partial charge in [-0.05, 0) is 50.8 Å². The summed E-state index contributed by atoms with van der Waals surface area (Å²) in [6.07, 6.45) is 2.24. The molecule has 6 rings (SSSR count). The van der Waals surface area contributed by atoms with Crippen molar-refractivity contribution in [3.05, 3.63) is 36.2 Å². The molecule has 0 spiro atoms. The fourth-order valence-electron chi connectivity index (χ4n) is 5.70. The number of hydrogen-bond acceptors (Lipinski definition) is 8. The van der Waals surface area contributed by atoms with Gasteiger partial charge in [-0.1, -0.05) is 12.1 Å².